The molecule has 0 unspecified atom stereocenters. The summed E-state index contributed by atoms with van der Waals surface area (Å²) in [6.45, 7) is 0.446. The van der Waals surface area contributed by atoms with Crippen molar-refractivity contribution in [1.29, 1.82) is 0 Å². The van der Waals surface area contributed by atoms with E-state index in [4.69, 9.17) is 9.47 Å². The molecule has 0 fully saturated rings. The van der Waals surface area contributed by atoms with Gasteiger partial charge in [0.1, 0.15) is 11.6 Å². The molecule has 1 amide bonds. The number of amides is 1. The molecule has 0 aliphatic carbocycles. The highest BCUT2D eigenvalue weighted by atomic mass is 32.2. The normalized spacial score (nSPS) is 11.3. The predicted molar refractivity (Wildman–Crippen MR) is 107 cm³/mol. The lowest BCUT2D eigenvalue weighted by Crippen LogP contribution is -2.29. The fraction of sp³-hybridized carbons (Fsp3) is 0.250. The number of rotatable bonds is 8. The monoisotopic (exact) mass is 437 g/mol. The van der Waals surface area contributed by atoms with Gasteiger partial charge in [-0.1, -0.05) is 42.1 Å². The van der Waals surface area contributed by atoms with Crippen molar-refractivity contribution in [2.24, 2.45) is 0 Å². The highest BCUT2D eigenvalue weighted by Crippen LogP contribution is 2.32. The van der Waals surface area contributed by atoms with Gasteiger partial charge < -0.3 is 14.8 Å². The maximum Gasteiger partial charge on any atom is 0.451 e. The van der Waals surface area contributed by atoms with Crippen LogP contribution >= 0.6 is 11.8 Å². The number of nitrogens with one attached hydrogen (secondary N) is 1. The third-order valence-electron chi connectivity index (χ3n) is 3.91. The molecule has 0 atom stereocenters. The summed E-state index contributed by atoms with van der Waals surface area (Å²) >= 11 is 0.925. The highest BCUT2D eigenvalue weighted by molar-refractivity contribution is 8.00. The first-order chi connectivity index (χ1) is 14.4. The van der Waals surface area contributed by atoms with E-state index in [1.165, 1.54) is 13.2 Å². The van der Waals surface area contributed by atoms with Crippen molar-refractivity contribution in [3.05, 3.63) is 54.4 Å². The van der Waals surface area contributed by atoms with Gasteiger partial charge >= 0.3 is 6.18 Å². The average molecular weight is 437 g/mol. The number of hydrogen-bond donors (Lipinski definition) is 1. The molecule has 0 saturated heterocycles. The first-order valence-corrected chi connectivity index (χ1v) is 9.86. The summed E-state index contributed by atoms with van der Waals surface area (Å²) in [5.74, 6) is -0.534. The molecule has 3 aromatic rings. The molecule has 1 aromatic heterocycles. The Morgan fingerprint density at radius 3 is 2.50 bits per heavy atom. The number of benzene rings is 2. The van der Waals surface area contributed by atoms with Gasteiger partial charge in [-0.2, -0.15) is 13.2 Å². The molecule has 6 nitrogen and oxygen atoms in total. The molecule has 158 valence electrons. The molecule has 0 radical (unpaired) electrons. The Labute approximate surface area is 174 Å². The number of nitrogens with zero attached hydrogens (tertiary/aromatic N) is 2. The number of aromatic nitrogens is 2. The van der Waals surface area contributed by atoms with E-state index >= 15 is 0 Å². The summed E-state index contributed by atoms with van der Waals surface area (Å²) in [5, 5.41) is 3.23. The van der Waals surface area contributed by atoms with Crippen LogP contribution in [0.1, 0.15) is 5.82 Å². The second-order valence-electron chi connectivity index (χ2n) is 6.01. The minimum absolute atomic E-state index is 0.0903. The summed E-state index contributed by atoms with van der Waals surface area (Å²) in [5.41, 5.74) is 0.174. The van der Waals surface area contributed by atoms with Gasteiger partial charge in [-0.25, -0.2) is 9.97 Å². The Kier molecular flexibility index (Phi) is 6.99. The van der Waals surface area contributed by atoms with Crippen LogP contribution < -0.4 is 14.8 Å². The standard InChI is InChI=1S/C20H18F3N3O3S/c1-28-15-8-4-5-9-16(15)29-11-10-24-17(27)12-30-18-13-6-2-3-7-14(13)25-19(26-18)20(21,22)23/h2-9H,10-12H2,1H3,(H,24,27). The number of thioether (sulfide) groups is 1. The van der Waals surface area contributed by atoms with E-state index in [2.05, 4.69) is 15.3 Å². The van der Waals surface area contributed by atoms with E-state index in [-0.39, 0.29) is 35.4 Å². The molecule has 0 aliphatic heterocycles. The molecule has 0 bridgehead atoms. The Morgan fingerprint density at radius 1 is 1.07 bits per heavy atom. The summed E-state index contributed by atoms with van der Waals surface area (Å²) < 4.78 is 49.9. The Hall–Kier alpha value is -3.01. The van der Waals surface area contributed by atoms with Gasteiger partial charge in [0.25, 0.3) is 0 Å². The van der Waals surface area contributed by atoms with E-state index in [0.29, 0.717) is 16.9 Å². The van der Waals surface area contributed by atoms with Crippen LogP contribution in [0, 0.1) is 0 Å². The summed E-state index contributed by atoms with van der Waals surface area (Å²) in [7, 11) is 1.53. The molecule has 1 N–H and O–H groups in total. The van der Waals surface area contributed by atoms with Gasteiger partial charge in [-0.3, -0.25) is 4.79 Å². The largest absolute Gasteiger partial charge is 0.493 e. The van der Waals surface area contributed by atoms with Gasteiger partial charge in [-0.15, -0.1) is 0 Å². The molecule has 0 aliphatic rings. The van der Waals surface area contributed by atoms with Crippen molar-refractivity contribution in [2.75, 3.05) is 26.0 Å². The van der Waals surface area contributed by atoms with Crippen LogP contribution in [-0.2, 0) is 11.0 Å². The molecule has 0 saturated carbocycles. The molecule has 3 rings (SSSR count). The van der Waals surface area contributed by atoms with Crippen LogP contribution in [0.5, 0.6) is 11.5 Å². The maximum atomic E-state index is 13.1. The first kappa shape index (κ1) is 21.7. The zero-order valence-electron chi connectivity index (χ0n) is 15.9. The van der Waals surface area contributed by atoms with Gasteiger partial charge in [0.05, 0.1) is 24.9 Å². The third-order valence-corrected chi connectivity index (χ3v) is 4.90. The zero-order chi connectivity index (χ0) is 21.6. The molecule has 2 aromatic carbocycles. The number of alkyl halides is 3. The number of carbonyl (C=O) groups excluding carboxylic acids is 1. The van der Waals surface area contributed by atoms with E-state index in [1.54, 1.807) is 36.4 Å². The van der Waals surface area contributed by atoms with Crippen LogP contribution in [0.2, 0.25) is 0 Å². The Morgan fingerprint density at radius 2 is 1.77 bits per heavy atom. The summed E-state index contributed by atoms with van der Waals surface area (Å²) in [4.78, 5) is 19.3. The SMILES string of the molecule is COc1ccccc1OCCNC(=O)CSc1nc(C(F)(F)F)nc2ccccc12. The number of methoxy groups -OCH3 is 1. The van der Waals surface area contributed by atoms with Gasteiger partial charge in [0, 0.05) is 5.39 Å². The van der Waals surface area contributed by atoms with Crippen LogP contribution in [0.3, 0.4) is 0 Å². The smallest absolute Gasteiger partial charge is 0.451 e. The first-order valence-electron chi connectivity index (χ1n) is 8.88. The van der Waals surface area contributed by atoms with Gasteiger partial charge in [-0.05, 0) is 18.2 Å². The maximum absolute atomic E-state index is 13.1. The Balaban J connectivity index is 1.56. The number of carbonyl (C=O) groups is 1. The zero-order valence-corrected chi connectivity index (χ0v) is 16.7. The second-order valence-corrected chi connectivity index (χ2v) is 6.97. The number of halogens is 3. The quantitative estimate of drug-likeness (QED) is 0.327. The molecule has 1 heterocycles. The van der Waals surface area contributed by atoms with E-state index < -0.39 is 12.0 Å². The Bertz CT molecular complexity index is 1030. The molecule has 0 spiro atoms. The summed E-state index contributed by atoms with van der Waals surface area (Å²) in [6.07, 6.45) is -4.67. The molecular formula is C20H18F3N3O3S. The van der Waals surface area contributed by atoms with Crippen molar-refractivity contribution in [1.82, 2.24) is 15.3 Å². The number of ether oxygens (including phenoxy) is 2. The minimum Gasteiger partial charge on any atom is -0.493 e. The lowest BCUT2D eigenvalue weighted by atomic mass is 10.2. The van der Waals surface area contributed by atoms with Crippen molar-refractivity contribution in [2.45, 2.75) is 11.2 Å². The average Bonchev–Trinajstić information content (AvgIpc) is 2.74. The second kappa shape index (κ2) is 9.66. The lowest BCUT2D eigenvalue weighted by Gasteiger charge is -2.11. The number of hydrogen-bond acceptors (Lipinski definition) is 6. The topological polar surface area (TPSA) is 73.3 Å². The van der Waals surface area contributed by atoms with Crippen molar-refractivity contribution in [3.8, 4) is 11.5 Å². The third kappa shape index (κ3) is 5.53. The fourth-order valence-electron chi connectivity index (χ4n) is 2.56. The summed E-state index contributed by atoms with van der Waals surface area (Å²) in [6, 6.07) is 13.5. The number of fused-ring (bicyclic) bond motifs is 1. The van der Waals surface area contributed by atoms with Gasteiger partial charge in [0.2, 0.25) is 11.7 Å². The molecular weight excluding hydrogens is 419 g/mol. The van der Waals surface area contributed by atoms with E-state index in [0.717, 1.165) is 11.8 Å². The highest BCUT2D eigenvalue weighted by Gasteiger charge is 2.35. The lowest BCUT2D eigenvalue weighted by molar-refractivity contribution is -0.145. The number of para-hydroxylation sites is 3. The molecule has 30 heavy (non-hydrogen) atoms. The van der Waals surface area contributed by atoms with Gasteiger partial charge in [0.15, 0.2) is 11.5 Å². The van der Waals surface area contributed by atoms with Crippen LogP contribution in [0.25, 0.3) is 10.9 Å². The predicted octanol–water partition coefficient (Wildman–Crippen LogP) is 3.94. The van der Waals surface area contributed by atoms with Crippen molar-refractivity contribution >= 4 is 28.6 Å². The van der Waals surface area contributed by atoms with Crippen LogP contribution in [-0.4, -0.2) is 41.9 Å². The fourth-order valence-corrected chi connectivity index (χ4v) is 3.41. The minimum atomic E-state index is -4.67. The molecule has 10 heteroatoms. The van der Waals surface area contributed by atoms with E-state index in [9.17, 15) is 18.0 Å². The van der Waals surface area contributed by atoms with E-state index in [1.807, 2.05) is 6.07 Å². The van der Waals surface area contributed by atoms with Crippen LogP contribution in [0.15, 0.2) is 53.6 Å². The van der Waals surface area contributed by atoms with Crippen molar-refractivity contribution < 1.29 is 27.4 Å². The van der Waals surface area contributed by atoms with Crippen LogP contribution in [0.4, 0.5) is 13.2 Å². The van der Waals surface area contributed by atoms with Crippen molar-refractivity contribution in [3.63, 3.8) is 0 Å².